The smallest absolute Gasteiger partial charge is 0.238 e. The topological polar surface area (TPSA) is 54.5 Å². The van der Waals surface area contributed by atoms with Gasteiger partial charge in [0.25, 0.3) is 0 Å². The summed E-state index contributed by atoms with van der Waals surface area (Å²) in [4.78, 5) is 13.7. The van der Waals surface area contributed by atoms with E-state index in [1.54, 1.807) is 0 Å². The molecule has 0 bridgehead atoms. The zero-order valence-electron chi connectivity index (χ0n) is 13.1. The molecule has 1 aromatic rings. The Bertz CT molecular complexity index is 616. The molecule has 0 radical (unpaired) electrons. The van der Waals surface area contributed by atoms with Crippen molar-refractivity contribution in [3.8, 4) is 0 Å². The molecule has 0 aromatic heterocycles. The molecule has 0 spiro atoms. The number of hydrogen-bond acceptors (Lipinski definition) is 3. The number of carbonyl (C=O) groups is 1. The maximum absolute atomic E-state index is 13.7. The van der Waals surface area contributed by atoms with E-state index in [0.717, 1.165) is 6.07 Å². The normalized spacial score (nSPS) is 12.0. The van der Waals surface area contributed by atoms with Gasteiger partial charge in [-0.1, -0.05) is 17.7 Å². The number of amides is 1. The van der Waals surface area contributed by atoms with Gasteiger partial charge in [0.1, 0.15) is 11.6 Å². The lowest BCUT2D eigenvalue weighted by Gasteiger charge is -2.30. The molecule has 0 N–H and O–H groups in total. The minimum atomic E-state index is -3.81. The number of rotatable bonds is 6. The summed E-state index contributed by atoms with van der Waals surface area (Å²) in [7, 11) is -3.81. The van der Waals surface area contributed by atoms with Crippen molar-refractivity contribution in [1.29, 1.82) is 0 Å². The molecule has 0 aliphatic carbocycles. The van der Waals surface area contributed by atoms with Gasteiger partial charge in [0.05, 0.1) is 5.75 Å². The van der Waals surface area contributed by atoms with Crippen LogP contribution >= 0.6 is 11.6 Å². The van der Waals surface area contributed by atoms with E-state index >= 15 is 0 Å². The van der Waals surface area contributed by atoms with Crippen molar-refractivity contribution in [1.82, 2.24) is 4.90 Å². The van der Waals surface area contributed by atoms with Gasteiger partial charge in [-0.3, -0.25) is 4.79 Å². The van der Waals surface area contributed by atoms with E-state index in [2.05, 4.69) is 0 Å². The molecule has 1 rings (SSSR count). The predicted octanol–water partition coefficient (Wildman–Crippen LogP) is 3.04. The molecular formula is C15H21ClFNO3S. The van der Waals surface area contributed by atoms with Crippen LogP contribution in [0.1, 0.15) is 33.3 Å². The van der Waals surface area contributed by atoms with Crippen LogP contribution in [0.25, 0.3) is 0 Å². The van der Waals surface area contributed by atoms with Crippen molar-refractivity contribution in [3.63, 3.8) is 0 Å². The molecule has 0 saturated heterocycles. The highest BCUT2D eigenvalue weighted by atomic mass is 35.5. The zero-order valence-corrected chi connectivity index (χ0v) is 14.7. The average molecular weight is 350 g/mol. The van der Waals surface area contributed by atoms with E-state index in [0.29, 0.717) is 0 Å². The Morgan fingerprint density at radius 3 is 2.23 bits per heavy atom. The van der Waals surface area contributed by atoms with Crippen LogP contribution in [-0.2, 0) is 20.4 Å². The van der Waals surface area contributed by atoms with Gasteiger partial charge in [0, 0.05) is 22.7 Å². The zero-order chi connectivity index (χ0) is 17.1. The van der Waals surface area contributed by atoms with Gasteiger partial charge >= 0.3 is 0 Å². The number of halogens is 2. The summed E-state index contributed by atoms with van der Waals surface area (Å²) in [5.74, 6) is -2.42. The summed E-state index contributed by atoms with van der Waals surface area (Å²) in [6, 6.07) is 3.75. The van der Waals surface area contributed by atoms with Gasteiger partial charge in [-0.25, -0.2) is 12.8 Å². The molecule has 0 unspecified atom stereocenters. The van der Waals surface area contributed by atoms with E-state index < -0.39 is 33.1 Å². The van der Waals surface area contributed by atoms with Gasteiger partial charge < -0.3 is 4.90 Å². The van der Waals surface area contributed by atoms with Crippen molar-refractivity contribution >= 4 is 27.3 Å². The molecule has 22 heavy (non-hydrogen) atoms. The highest BCUT2D eigenvalue weighted by Crippen LogP contribution is 2.22. The van der Waals surface area contributed by atoms with E-state index in [-0.39, 0.29) is 22.7 Å². The van der Waals surface area contributed by atoms with Gasteiger partial charge in [0.2, 0.25) is 5.91 Å². The maximum atomic E-state index is 13.7. The van der Waals surface area contributed by atoms with Crippen molar-refractivity contribution < 1.29 is 17.6 Å². The van der Waals surface area contributed by atoms with Crippen molar-refractivity contribution in [2.75, 3.05) is 5.75 Å². The van der Waals surface area contributed by atoms with E-state index in [1.165, 1.54) is 17.0 Å². The monoisotopic (exact) mass is 349 g/mol. The Labute approximate surface area is 136 Å². The molecule has 0 heterocycles. The summed E-state index contributed by atoms with van der Waals surface area (Å²) in [6.07, 6.45) is 0. The molecule has 0 aliphatic heterocycles. The fraction of sp³-hybridized carbons (Fsp3) is 0.533. The van der Waals surface area contributed by atoms with Gasteiger partial charge in [0.15, 0.2) is 9.84 Å². The van der Waals surface area contributed by atoms with Crippen LogP contribution in [0, 0.1) is 5.82 Å². The molecule has 124 valence electrons. The second-order valence-electron chi connectivity index (χ2n) is 5.72. The van der Waals surface area contributed by atoms with Crippen LogP contribution in [0.3, 0.4) is 0 Å². The minimum absolute atomic E-state index is 0.0422. The standard InChI is InChI=1S/C15H21ClFNO3S/c1-10(2)18(11(3)4)15(19)9-22(20,21)8-12-13(16)6-5-7-14(12)17/h5-7,10-11H,8-9H2,1-4H3. The maximum Gasteiger partial charge on any atom is 0.238 e. The molecular weight excluding hydrogens is 329 g/mol. The molecule has 0 atom stereocenters. The Morgan fingerprint density at radius 1 is 1.23 bits per heavy atom. The Hall–Kier alpha value is -1.14. The first kappa shape index (κ1) is 18.9. The molecule has 1 aromatic carbocycles. The van der Waals surface area contributed by atoms with Crippen LogP contribution in [0.15, 0.2) is 18.2 Å². The molecule has 0 fully saturated rings. The van der Waals surface area contributed by atoms with E-state index in [1.807, 2.05) is 27.7 Å². The summed E-state index contributed by atoms with van der Waals surface area (Å²) < 4.78 is 38.1. The second kappa shape index (κ2) is 7.42. The molecule has 0 saturated carbocycles. The third-order valence-electron chi connectivity index (χ3n) is 3.17. The third kappa shape index (κ3) is 4.95. The number of benzene rings is 1. The molecule has 1 amide bonds. The number of sulfone groups is 1. The first-order valence-corrected chi connectivity index (χ1v) is 9.19. The number of nitrogens with zero attached hydrogens (tertiary/aromatic N) is 1. The SMILES string of the molecule is CC(C)N(C(=O)CS(=O)(=O)Cc1c(F)cccc1Cl)C(C)C. The summed E-state index contributed by atoms with van der Waals surface area (Å²) in [5, 5.41) is 0.0422. The van der Waals surface area contributed by atoms with Crippen molar-refractivity contribution in [3.05, 3.63) is 34.6 Å². The van der Waals surface area contributed by atoms with Crippen LogP contribution in [-0.4, -0.2) is 37.1 Å². The largest absolute Gasteiger partial charge is 0.337 e. The summed E-state index contributed by atoms with van der Waals surface area (Å²) >= 11 is 5.84. The second-order valence-corrected chi connectivity index (χ2v) is 8.19. The van der Waals surface area contributed by atoms with Gasteiger partial charge in [-0.15, -0.1) is 0 Å². The quantitative estimate of drug-likeness (QED) is 0.793. The van der Waals surface area contributed by atoms with E-state index in [4.69, 9.17) is 11.6 Å². The summed E-state index contributed by atoms with van der Waals surface area (Å²) in [6.45, 7) is 7.27. The molecule has 7 heteroatoms. The van der Waals surface area contributed by atoms with Crippen molar-refractivity contribution in [2.45, 2.75) is 45.5 Å². The predicted molar refractivity (Wildman–Crippen MR) is 86.0 cm³/mol. The number of hydrogen-bond donors (Lipinski definition) is 0. The van der Waals surface area contributed by atoms with Crippen LogP contribution in [0.2, 0.25) is 5.02 Å². The Balaban J connectivity index is 2.95. The Morgan fingerprint density at radius 2 is 1.77 bits per heavy atom. The third-order valence-corrected chi connectivity index (χ3v) is 4.94. The lowest BCUT2D eigenvalue weighted by molar-refractivity contribution is -0.131. The van der Waals surface area contributed by atoms with Crippen LogP contribution in [0.4, 0.5) is 4.39 Å². The highest BCUT2D eigenvalue weighted by molar-refractivity contribution is 7.91. The first-order valence-electron chi connectivity index (χ1n) is 6.99. The minimum Gasteiger partial charge on any atom is -0.337 e. The highest BCUT2D eigenvalue weighted by Gasteiger charge is 2.27. The molecule has 4 nitrogen and oxygen atoms in total. The van der Waals surface area contributed by atoms with E-state index in [9.17, 15) is 17.6 Å². The Kier molecular flexibility index (Phi) is 6.38. The number of carbonyl (C=O) groups excluding carboxylic acids is 1. The molecule has 0 aliphatic rings. The fourth-order valence-corrected chi connectivity index (χ4v) is 4.05. The van der Waals surface area contributed by atoms with Gasteiger partial charge in [-0.05, 0) is 39.8 Å². The van der Waals surface area contributed by atoms with Crippen LogP contribution < -0.4 is 0 Å². The lowest BCUT2D eigenvalue weighted by Crippen LogP contribution is -2.45. The average Bonchev–Trinajstić information content (AvgIpc) is 2.32. The lowest BCUT2D eigenvalue weighted by atomic mass is 10.2. The first-order chi connectivity index (χ1) is 10.0. The van der Waals surface area contributed by atoms with Crippen molar-refractivity contribution in [2.24, 2.45) is 0 Å². The fourth-order valence-electron chi connectivity index (χ4n) is 2.38. The summed E-state index contributed by atoms with van der Waals surface area (Å²) in [5.41, 5.74) is -0.0994. The van der Waals surface area contributed by atoms with Gasteiger partial charge in [-0.2, -0.15) is 0 Å². The van der Waals surface area contributed by atoms with Crippen LogP contribution in [0.5, 0.6) is 0 Å².